The Labute approximate surface area is 178 Å². The number of hydrogen-bond acceptors (Lipinski definition) is 4. The molecule has 0 aliphatic carbocycles. The van der Waals surface area contributed by atoms with E-state index in [1.807, 2.05) is 28.3 Å². The van der Waals surface area contributed by atoms with E-state index in [1.54, 1.807) is 0 Å². The highest BCUT2D eigenvalue weighted by Crippen LogP contribution is 2.33. The van der Waals surface area contributed by atoms with Gasteiger partial charge in [0.25, 0.3) is 0 Å². The minimum absolute atomic E-state index is 0.510. The Hall–Kier alpha value is -3.66. The molecule has 0 radical (unpaired) electrons. The van der Waals surface area contributed by atoms with Gasteiger partial charge in [0, 0.05) is 23.8 Å². The van der Waals surface area contributed by atoms with E-state index in [-0.39, 0.29) is 0 Å². The summed E-state index contributed by atoms with van der Waals surface area (Å²) in [7, 11) is 0. The largest absolute Gasteiger partial charge is 0.382 e. The molecule has 0 amide bonds. The molecule has 0 saturated carbocycles. The molecule has 3 aromatic carbocycles. The van der Waals surface area contributed by atoms with E-state index >= 15 is 0 Å². The van der Waals surface area contributed by atoms with Crippen molar-refractivity contribution in [3.8, 4) is 11.1 Å². The van der Waals surface area contributed by atoms with Gasteiger partial charge in [0.1, 0.15) is 11.6 Å². The molecular formula is C26H28N4. The molecule has 4 rings (SSSR count). The van der Waals surface area contributed by atoms with Crippen molar-refractivity contribution in [1.82, 2.24) is 0 Å². The zero-order chi connectivity index (χ0) is 21.4. The van der Waals surface area contributed by atoms with Crippen LogP contribution in [0.4, 0.5) is 11.4 Å². The minimum atomic E-state index is 0.510. The molecule has 0 bridgehead atoms. The molecule has 1 aliphatic rings. The Morgan fingerprint density at radius 3 is 1.73 bits per heavy atom. The third kappa shape index (κ3) is 3.52. The van der Waals surface area contributed by atoms with Crippen LogP contribution in [0.1, 0.15) is 22.3 Å². The number of hydrogen-bond donors (Lipinski definition) is 2. The predicted molar refractivity (Wildman–Crippen MR) is 127 cm³/mol. The zero-order valence-electron chi connectivity index (χ0n) is 18.0. The van der Waals surface area contributed by atoms with Gasteiger partial charge in [-0.25, -0.2) is 0 Å². The van der Waals surface area contributed by atoms with E-state index < -0.39 is 0 Å². The van der Waals surface area contributed by atoms with E-state index in [2.05, 4.69) is 82.3 Å². The molecule has 4 nitrogen and oxygen atoms in total. The summed E-state index contributed by atoms with van der Waals surface area (Å²) in [6, 6.07) is 21.1. The molecule has 0 aromatic heterocycles. The quantitative estimate of drug-likeness (QED) is 0.620. The topological polar surface area (TPSA) is 58.5 Å². The lowest BCUT2D eigenvalue weighted by Gasteiger charge is -2.32. The van der Waals surface area contributed by atoms with Crippen molar-refractivity contribution in [3.63, 3.8) is 0 Å². The van der Waals surface area contributed by atoms with Crippen molar-refractivity contribution in [3.05, 3.63) is 107 Å². The van der Waals surface area contributed by atoms with Crippen molar-refractivity contribution in [2.45, 2.75) is 27.7 Å². The van der Waals surface area contributed by atoms with Crippen molar-refractivity contribution in [2.75, 3.05) is 9.80 Å². The standard InChI is InChI=1S/C26H28N4/c1-17-13-18(2)15-23(14-17)30-12-11-29(25(27)26(30)28)22-10-6-9-21(16-22)24-19(3)7-5-8-20(24)4/h5-16H,27-28H2,1-4H3. The molecule has 3 aromatic rings. The SMILES string of the molecule is Cc1cc(C)cc(N2C=CN(c3cccc(-c4c(C)cccc4C)c3)C(N)=C2N)c1. The van der Waals surface area contributed by atoms with Crippen LogP contribution in [0.15, 0.2) is 84.7 Å². The van der Waals surface area contributed by atoms with Crippen LogP contribution in [-0.4, -0.2) is 0 Å². The normalized spacial score (nSPS) is 13.9. The van der Waals surface area contributed by atoms with Crippen molar-refractivity contribution in [2.24, 2.45) is 11.5 Å². The van der Waals surface area contributed by atoms with Gasteiger partial charge in [0.2, 0.25) is 0 Å². The van der Waals surface area contributed by atoms with Crippen LogP contribution in [0, 0.1) is 27.7 Å². The highest BCUT2D eigenvalue weighted by molar-refractivity contribution is 5.75. The number of nitrogens with zero attached hydrogens (tertiary/aromatic N) is 2. The number of anilines is 2. The molecule has 4 N–H and O–H groups in total. The maximum absolute atomic E-state index is 6.49. The molecule has 0 saturated heterocycles. The Bertz CT molecular complexity index is 1130. The molecule has 1 heterocycles. The fourth-order valence-electron chi connectivity index (χ4n) is 4.16. The maximum atomic E-state index is 6.49. The smallest absolute Gasteiger partial charge is 0.149 e. The minimum Gasteiger partial charge on any atom is -0.382 e. The van der Waals surface area contributed by atoms with E-state index in [9.17, 15) is 0 Å². The van der Waals surface area contributed by atoms with Crippen molar-refractivity contribution in [1.29, 1.82) is 0 Å². The number of nitrogens with two attached hydrogens (primary N) is 2. The van der Waals surface area contributed by atoms with Gasteiger partial charge in [-0.15, -0.1) is 0 Å². The van der Waals surface area contributed by atoms with E-state index in [4.69, 9.17) is 11.5 Å². The molecular weight excluding hydrogens is 368 g/mol. The Morgan fingerprint density at radius 1 is 0.600 bits per heavy atom. The summed E-state index contributed by atoms with van der Waals surface area (Å²) in [4.78, 5) is 3.87. The van der Waals surface area contributed by atoms with Gasteiger partial charge in [-0.2, -0.15) is 0 Å². The summed E-state index contributed by atoms with van der Waals surface area (Å²) in [6.07, 6.45) is 3.93. The van der Waals surface area contributed by atoms with Crippen LogP contribution in [-0.2, 0) is 0 Å². The third-order valence-electron chi connectivity index (χ3n) is 5.53. The third-order valence-corrected chi connectivity index (χ3v) is 5.53. The average Bonchev–Trinajstić information content (AvgIpc) is 2.69. The van der Waals surface area contributed by atoms with Gasteiger partial charge < -0.3 is 11.5 Å². The zero-order valence-corrected chi connectivity index (χ0v) is 18.0. The Kier molecular flexibility index (Phi) is 5.00. The molecule has 30 heavy (non-hydrogen) atoms. The van der Waals surface area contributed by atoms with Crippen molar-refractivity contribution >= 4 is 11.4 Å². The van der Waals surface area contributed by atoms with Gasteiger partial charge >= 0.3 is 0 Å². The van der Waals surface area contributed by atoms with Gasteiger partial charge in [-0.05, 0) is 85.3 Å². The lowest BCUT2D eigenvalue weighted by molar-refractivity contribution is 0.953. The maximum Gasteiger partial charge on any atom is 0.149 e. The van der Waals surface area contributed by atoms with Gasteiger partial charge in [0.15, 0.2) is 0 Å². The fourth-order valence-corrected chi connectivity index (χ4v) is 4.16. The predicted octanol–water partition coefficient (Wildman–Crippen LogP) is 5.43. The Balaban J connectivity index is 1.71. The molecule has 0 unspecified atom stereocenters. The molecule has 0 atom stereocenters. The van der Waals surface area contributed by atoms with Crippen LogP contribution in [0.25, 0.3) is 11.1 Å². The van der Waals surface area contributed by atoms with Crippen LogP contribution in [0.3, 0.4) is 0 Å². The van der Waals surface area contributed by atoms with Gasteiger partial charge in [-0.3, -0.25) is 9.80 Å². The van der Waals surface area contributed by atoms with Gasteiger partial charge in [-0.1, -0.05) is 36.4 Å². The summed E-state index contributed by atoms with van der Waals surface area (Å²) in [5, 5.41) is 0. The first-order valence-electron chi connectivity index (χ1n) is 10.1. The summed E-state index contributed by atoms with van der Waals surface area (Å²) in [5.74, 6) is 1.02. The summed E-state index contributed by atoms with van der Waals surface area (Å²) in [6.45, 7) is 8.45. The van der Waals surface area contributed by atoms with E-state index in [0.29, 0.717) is 11.6 Å². The van der Waals surface area contributed by atoms with Gasteiger partial charge in [0.05, 0.1) is 0 Å². The molecule has 1 aliphatic heterocycles. The lowest BCUT2D eigenvalue weighted by atomic mass is 9.95. The van der Waals surface area contributed by atoms with E-state index in [1.165, 1.54) is 33.4 Å². The molecule has 0 fully saturated rings. The average molecular weight is 397 g/mol. The Morgan fingerprint density at radius 2 is 1.13 bits per heavy atom. The monoisotopic (exact) mass is 396 g/mol. The number of rotatable bonds is 3. The first-order valence-corrected chi connectivity index (χ1v) is 10.1. The van der Waals surface area contributed by atoms with Crippen molar-refractivity contribution < 1.29 is 0 Å². The van der Waals surface area contributed by atoms with Crippen LogP contribution in [0.2, 0.25) is 0 Å². The fraction of sp³-hybridized carbons (Fsp3) is 0.154. The summed E-state index contributed by atoms with van der Waals surface area (Å²) in [5.41, 5.74) is 22.3. The summed E-state index contributed by atoms with van der Waals surface area (Å²) < 4.78 is 0. The highest BCUT2D eigenvalue weighted by atomic mass is 15.3. The number of benzene rings is 3. The second kappa shape index (κ2) is 7.64. The molecule has 152 valence electrons. The molecule has 4 heteroatoms. The first-order chi connectivity index (χ1) is 14.3. The highest BCUT2D eigenvalue weighted by Gasteiger charge is 2.21. The van der Waals surface area contributed by atoms with E-state index in [0.717, 1.165) is 11.4 Å². The second-order valence-electron chi connectivity index (χ2n) is 7.97. The van der Waals surface area contributed by atoms with Crippen LogP contribution in [0.5, 0.6) is 0 Å². The lowest BCUT2D eigenvalue weighted by Crippen LogP contribution is -2.37. The van der Waals surface area contributed by atoms with Crippen LogP contribution >= 0.6 is 0 Å². The second-order valence-corrected chi connectivity index (χ2v) is 7.97. The molecule has 0 spiro atoms. The first kappa shape index (κ1) is 19.6. The van der Waals surface area contributed by atoms with Crippen LogP contribution < -0.4 is 21.3 Å². The summed E-state index contributed by atoms with van der Waals surface area (Å²) >= 11 is 0. The number of aryl methyl sites for hydroxylation is 4.